The fourth-order valence-electron chi connectivity index (χ4n) is 2.71. The zero-order chi connectivity index (χ0) is 18.1. The fraction of sp³-hybridized carbons (Fsp3) is 0.176. The molecule has 0 spiro atoms. The predicted octanol–water partition coefficient (Wildman–Crippen LogP) is 2.33. The Labute approximate surface area is 153 Å². The van der Waals surface area contributed by atoms with E-state index in [0.29, 0.717) is 24.5 Å². The number of carbonyl (C=O) groups excluding carboxylic acids is 2. The first-order chi connectivity index (χ1) is 12.6. The van der Waals surface area contributed by atoms with E-state index in [-0.39, 0.29) is 11.9 Å². The van der Waals surface area contributed by atoms with Crippen LogP contribution in [0.2, 0.25) is 0 Å². The first kappa shape index (κ1) is 16.3. The van der Waals surface area contributed by atoms with Gasteiger partial charge >= 0.3 is 6.03 Å². The van der Waals surface area contributed by atoms with Gasteiger partial charge in [0.15, 0.2) is 0 Å². The van der Waals surface area contributed by atoms with Gasteiger partial charge in [-0.2, -0.15) is 5.10 Å². The van der Waals surface area contributed by atoms with Crippen LogP contribution >= 0.6 is 11.3 Å². The third kappa shape index (κ3) is 3.16. The summed E-state index contributed by atoms with van der Waals surface area (Å²) in [6.07, 6.45) is 3.57. The summed E-state index contributed by atoms with van der Waals surface area (Å²) in [6, 6.07) is 7.07. The van der Waals surface area contributed by atoms with Gasteiger partial charge in [0, 0.05) is 48.7 Å². The van der Waals surface area contributed by atoms with Crippen molar-refractivity contribution in [1.82, 2.24) is 20.1 Å². The lowest BCUT2D eigenvalue weighted by atomic mass is 10.2. The maximum absolute atomic E-state index is 12.5. The molecule has 0 saturated carbocycles. The number of benzene rings is 1. The second-order valence-corrected chi connectivity index (χ2v) is 6.69. The number of thiazole rings is 1. The Morgan fingerprint density at radius 3 is 3.00 bits per heavy atom. The second-order valence-electron chi connectivity index (χ2n) is 5.83. The zero-order valence-corrected chi connectivity index (χ0v) is 14.8. The molecule has 1 aromatic carbocycles. The van der Waals surface area contributed by atoms with E-state index in [0.717, 1.165) is 16.3 Å². The van der Waals surface area contributed by atoms with Gasteiger partial charge in [0.1, 0.15) is 10.7 Å². The van der Waals surface area contributed by atoms with Gasteiger partial charge < -0.3 is 10.6 Å². The van der Waals surface area contributed by atoms with Gasteiger partial charge in [-0.15, -0.1) is 11.3 Å². The summed E-state index contributed by atoms with van der Waals surface area (Å²) in [7, 11) is 1.83. The molecule has 3 aromatic rings. The first-order valence-electron chi connectivity index (χ1n) is 8.01. The highest BCUT2D eigenvalue weighted by Crippen LogP contribution is 2.24. The molecule has 0 unspecified atom stereocenters. The molecule has 2 N–H and O–H groups in total. The van der Waals surface area contributed by atoms with Crippen molar-refractivity contribution in [2.75, 3.05) is 23.3 Å². The lowest BCUT2D eigenvalue weighted by molar-refractivity contribution is 0.102. The van der Waals surface area contributed by atoms with E-state index in [2.05, 4.69) is 20.7 Å². The summed E-state index contributed by atoms with van der Waals surface area (Å²) < 4.78 is 1.69. The van der Waals surface area contributed by atoms with Crippen molar-refractivity contribution in [3.05, 3.63) is 47.7 Å². The number of nitrogens with zero attached hydrogens (tertiary/aromatic N) is 4. The van der Waals surface area contributed by atoms with Crippen LogP contribution in [0.1, 0.15) is 10.5 Å². The van der Waals surface area contributed by atoms with Crippen molar-refractivity contribution in [2.45, 2.75) is 0 Å². The molecule has 1 fully saturated rings. The average Bonchev–Trinajstić information content (AvgIpc) is 3.35. The van der Waals surface area contributed by atoms with Crippen molar-refractivity contribution in [3.63, 3.8) is 0 Å². The minimum Gasteiger partial charge on any atom is -0.336 e. The molecule has 3 heterocycles. The first-order valence-corrected chi connectivity index (χ1v) is 8.89. The van der Waals surface area contributed by atoms with E-state index in [1.54, 1.807) is 39.4 Å². The van der Waals surface area contributed by atoms with Gasteiger partial charge in [-0.05, 0) is 18.2 Å². The number of amides is 3. The molecule has 4 rings (SSSR count). The third-order valence-electron chi connectivity index (χ3n) is 3.96. The van der Waals surface area contributed by atoms with E-state index in [9.17, 15) is 9.59 Å². The van der Waals surface area contributed by atoms with E-state index >= 15 is 0 Å². The highest BCUT2D eigenvalue weighted by Gasteiger charge is 2.21. The quantitative estimate of drug-likeness (QED) is 0.739. The molecule has 0 radical (unpaired) electrons. The van der Waals surface area contributed by atoms with Gasteiger partial charge in [-0.1, -0.05) is 6.07 Å². The van der Waals surface area contributed by atoms with Gasteiger partial charge in [-0.25, -0.2) is 9.78 Å². The normalized spacial score (nSPS) is 13.7. The van der Waals surface area contributed by atoms with E-state index in [1.807, 2.05) is 19.3 Å². The Morgan fingerprint density at radius 2 is 2.27 bits per heavy atom. The fourth-order valence-corrected chi connectivity index (χ4v) is 3.48. The van der Waals surface area contributed by atoms with Crippen molar-refractivity contribution in [3.8, 4) is 10.6 Å². The number of aryl methyl sites for hydroxylation is 1. The number of anilines is 2. The molecule has 1 aliphatic heterocycles. The lowest BCUT2D eigenvalue weighted by Gasteiger charge is -2.15. The Morgan fingerprint density at radius 1 is 1.38 bits per heavy atom. The molecule has 0 bridgehead atoms. The number of nitrogens with one attached hydrogen (secondary N) is 2. The van der Waals surface area contributed by atoms with Crippen LogP contribution in [0.5, 0.6) is 0 Å². The van der Waals surface area contributed by atoms with Gasteiger partial charge in [0.25, 0.3) is 5.91 Å². The molecule has 9 heteroatoms. The minimum atomic E-state index is -0.292. The van der Waals surface area contributed by atoms with Crippen LogP contribution in [0.3, 0.4) is 0 Å². The number of urea groups is 1. The summed E-state index contributed by atoms with van der Waals surface area (Å²) in [5, 5.41) is 12.2. The summed E-state index contributed by atoms with van der Waals surface area (Å²) in [5.74, 6) is -0.292. The monoisotopic (exact) mass is 368 g/mol. The van der Waals surface area contributed by atoms with Crippen LogP contribution < -0.4 is 15.5 Å². The van der Waals surface area contributed by atoms with Crippen LogP contribution in [0.25, 0.3) is 10.6 Å². The van der Waals surface area contributed by atoms with E-state index in [4.69, 9.17) is 0 Å². The van der Waals surface area contributed by atoms with Crippen molar-refractivity contribution in [1.29, 1.82) is 0 Å². The second kappa shape index (κ2) is 6.60. The van der Waals surface area contributed by atoms with Crippen molar-refractivity contribution >= 4 is 34.6 Å². The Kier molecular flexibility index (Phi) is 4.13. The third-order valence-corrected chi connectivity index (χ3v) is 4.85. The van der Waals surface area contributed by atoms with Gasteiger partial charge in [0.2, 0.25) is 0 Å². The lowest BCUT2D eigenvalue weighted by Crippen LogP contribution is -2.27. The van der Waals surface area contributed by atoms with Crippen molar-refractivity contribution < 1.29 is 9.59 Å². The predicted molar refractivity (Wildman–Crippen MR) is 99.5 cm³/mol. The summed E-state index contributed by atoms with van der Waals surface area (Å²) in [5.41, 5.74) is 2.58. The number of aromatic nitrogens is 3. The maximum Gasteiger partial charge on any atom is 0.321 e. The topological polar surface area (TPSA) is 92.2 Å². The molecule has 26 heavy (non-hydrogen) atoms. The van der Waals surface area contributed by atoms with Crippen LogP contribution in [-0.4, -0.2) is 39.8 Å². The summed E-state index contributed by atoms with van der Waals surface area (Å²) >= 11 is 1.39. The van der Waals surface area contributed by atoms with E-state index in [1.165, 1.54) is 11.3 Å². The molecule has 0 aliphatic carbocycles. The Hall–Kier alpha value is -3.20. The number of hydrogen-bond donors (Lipinski definition) is 2. The molecule has 1 aliphatic rings. The van der Waals surface area contributed by atoms with Crippen LogP contribution in [0.15, 0.2) is 42.0 Å². The Balaban J connectivity index is 1.50. The number of hydrogen-bond acceptors (Lipinski definition) is 5. The van der Waals surface area contributed by atoms with Crippen LogP contribution in [-0.2, 0) is 7.05 Å². The minimum absolute atomic E-state index is 0.130. The largest absolute Gasteiger partial charge is 0.336 e. The summed E-state index contributed by atoms with van der Waals surface area (Å²) in [6.45, 7) is 1.22. The van der Waals surface area contributed by atoms with Crippen molar-refractivity contribution in [2.24, 2.45) is 7.05 Å². The molecule has 0 atom stereocenters. The van der Waals surface area contributed by atoms with Crippen LogP contribution in [0, 0.1) is 0 Å². The smallest absolute Gasteiger partial charge is 0.321 e. The molecule has 2 aromatic heterocycles. The molecule has 3 amide bonds. The zero-order valence-electron chi connectivity index (χ0n) is 14.0. The van der Waals surface area contributed by atoms with E-state index < -0.39 is 0 Å². The average molecular weight is 368 g/mol. The molecular weight excluding hydrogens is 352 g/mol. The Bertz CT molecular complexity index is 979. The SMILES string of the molecule is Cn1cc(-c2nc(C(=O)Nc3cccc(N4CCNC4=O)c3)cs2)cn1. The molecule has 1 saturated heterocycles. The van der Waals surface area contributed by atoms with Gasteiger partial charge in [0.05, 0.1) is 6.20 Å². The number of carbonyl (C=O) groups is 2. The molecule has 8 nitrogen and oxygen atoms in total. The summed E-state index contributed by atoms with van der Waals surface area (Å²) in [4.78, 5) is 30.3. The van der Waals surface area contributed by atoms with Gasteiger partial charge in [-0.3, -0.25) is 14.4 Å². The molecular formula is C17H16N6O2S. The highest BCUT2D eigenvalue weighted by molar-refractivity contribution is 7.13. The molecule has 132 valence electrons. The van der Waals surface area contributed by atoms with Crippen LogP contribution in [0.4, 0.5) is 16.2 Å². The number of rotatable bonds is 4. The standard InChI is InChI=1S/C17H16N6O2S/c1-22-9-11(8-19-22)16-21-14(10-26-16)15(24)20-12-3-2-4-13(7-12)23-6-5-18-17(23)25/h2-4,7-10H,5-6H2,1H3,(H,18,25)(H,20,24). The highest BCUT2D eigenvalue weighted by atomic mass is 32.1. The maximum atomic E-state index is 12.5.